The van der Waals surface area contributed by atoms with Crippen molar-refractivity contribution in [2.75, 3.05) is 20.2 Å². The van der Waals surface area contributed by atoms with Gasteiger partial charge in [-0.3, -0.25) is 19.6 Å². The maximum Gasteiger partial charge on any atom is 0.258 e. The summed E-state index contributed by atoms with van der Waals surface area (Å²) < 4.78 is 19.9. The molecule has 0 unspecified atom stereocenters. The maximum atomic E-state index is 14.7. The van der Waals surface area contributed by atoms with Gasteiger partial charge in [0.05, 0.1) is 12.7 Å². The summed E-state index contributed by atoms with van der Waals surface area (Å²) in [6, 6.07) is 2.81. The third kappa shape index (κ3) is 2.60. The minimum absolute atomic E-state index is 0.00206. The summed E-state index contributed by atoms with van der Waals surface area (Å²) >= 11 is 0. The molecule has 0 N–H and O–H groups in total. The number of ether oxygens (including phenoxy) is 1. The number of hydrogen-bond donors (Lipinski definition) is 0. The summed E-state index contributed by atoms with van der Waals surface area (Å²) in [4.78, 5) is 25.5. The molecule has 1 aromatic rings. The predicted molar refractivity (Wildman–Crippen MR) is 85.5 cm³/mol. The zero-order valence-electron chi connectivity index (χ0n) is 13.8. The lowest BCUT2D eigenvalue weighted by Crippen LogP contribution is -2.40. The first-order chi connectivity index (χ1) is 11.6. The number of carbonyl (C=O) groups excluding carboxylic acids is 2. The van der Waals surface area contributed by atoms with Crippen LogP contribution in [0.4, 0.5) is 4.39 Å². The fourth-order valence-electron chi connectivity index (χ4n) is 3.31. The smallest absolute Gasteiger partial charge is 0.258 e. The molecule has 0 radical (unpaired) electrons. The van der Waals surface area contributed by atoms with Crippen LogP contribution in [0.2, 0.25) is 0 Å². The van der Waals surface area contributed by atoms with E-state index < -0.39 is 11.7 Å². The molecule has 2 heterocycles. The second-order valence-corrected chi connectivity index (χ2v) is 5.87. The van der Waals surface area contributed by atoms with E-state index in [1.807, 2.05) is 0 Å². The van der Waals surface area contributed by atoms with Crippen LogP contribution in [0.1, 0.15) is 43.2 Å². The summed E-state index contributed by atoms with van der Waals surface area (Å²) in [5.74, 6) is 3.05. The van der Waals surface area contributed by atoms with Crippen LogP contribution in [0.3, 0.4) is 0 Å². The van der Waals surface area contributed by atoms with Crippen LogP contribution in [-0.4, -0.2) is 42.0 Å². The van der Waals surface area contributed by atoms with E-state index in [1.165, 1.54) is 23.2 Å². The Morgan fingerprint density at radius 2 is 1.75 bits per heavy atom. The van der Waals surface area contributed by atoms with E-state index in [0.29, 0.717) is 18.7 Å². The number of amides is 2. The Balaban J connectivity index is 2.06. The monoisotopic (exact) mass is 330 g/mol. The number of nitrogens with zero attached hydrogens (tertiary/aromatic N) is 2. The Hall–Kier alpha value is -2.55. The predicted octanol–water partition coefficient (Wildman–Crippen LogP) is 2.06. The van der Waals surface area contributed by atoms with Crippen molar-refractivity contribution in [3.8, 4) is 17.6 Å². The Morgan fingerprint density at radius 3 is 2.29 bits per heavy atom. The van der Waals surface area contributed by atoms with Gasteiger partial charge in [-0.1, -0.05) is 5.92 Å². The van der Waals surface area contributed by atoms with Gasteiger partial charge in [0.15, 0.2) is 5.92 Å². The van der Waals surface area contributed by atoms with Crippen LogP contribution in [0.5, 0.6) is 5.75 Å². The highest BCUT2D eigenvalue weighted by Crippen LogP contribution is 2.38. The lowest BCUT2D eigenvalue weighted by atomic mass is 9.95. The van der Waals surface area contributed by atoms with Crippen LogP contribution in [0.15, 0.2) is 12.1 Å². The third-order valence-electron chi connectivity index (χ3n) is 4.40. The summed E-state index contributed by atoms with van der Waals surface area (Å²) in [7, 11) is 1.39. The van der Waals surface area contributed by atoms with E-state index in [1.54, 1.807) is 13.0 Å². The lowest BCUT2D eigenvalue weighted by Gasteiger charge is -2.24. The SMILES string of the molecule is CC#Cc1cc(F)c(C2C(=O)N3CCCCCN3C2=O)c(OC)c1. The van der Waals surface area contributed by atoms with Crippen molar-refractivity contribution in [2.24, 2.45) is 0 Å². The summed E-state index contributed by atoms with van der Waals surface area (Å²) in [5.41, 5.74) is 0.450. The zero-order chi connectivity index (χ0) is 17.3. The molecule has 1 aromatic carbocycles. The Bertz CT molecular complexity index is 727. The molecule has 0 atom stereocenters. The minimum atomic E-state index is -1.18. The molecule has 2 aliphatic heterocycles. The Kier molecular flexibility index (Phi) is 4.43. The quantitative estimate of drug-likeness (QED) is 0.616. The van der Waals surface area contributed by atoms with Crippen molar-refractivity contribution in [2.45, 2.75) is 32.1 Å². The molecule has 0 saturated carbocycles. The van der Waals surface area contributed by atoms with Crippen LogP contribution in [0.25, 0.3) is 0 Å². The second kappa shape index (κ2) is 6.52. The highest BCUT2D eigenvalue weighted by Gasteiger charge is 2.48. The Labute approximate surface area is 140 Å². The van der Waals surface area contributed by atoms with Gasteiger partial charge < -0.3 is 4.74 Å². The minimum Gasteiger partial charge on any atom is -0.496 e. The average Bonchev–Trinajstić information content (AvgIpc) is 2.75. The highest BCUT2D eigenvalue weighted by molar-refractivity contribution is 6.10. The van der Waals surface area contributed by atoms with Crippen molar-refractivity contribution >= 4 is 11.8 Å². The number of hydrogen-bond acceptors (Lipinski definition) is 3. The molecule has 3 rings (SSSR count). The van der Waals surface area contributed by atoms with Crippen molar-refractivity contribution in [3.05, 3.63) is 29.1 Å². The van der Waals surface area contributed by atoms with Crippen LogP contribution in [-0.2, 0) is 9.59 Å². The molecule has 0 aromatic heterocycles. The summed E-state index contributed by atoms with van der Waals surface area (Å²) in [6.45, 7) is 2.63. The molecular formula is C18H19FN2O3. The number of hydrazine groups is 1. The number of benzene rings is 1. The highest BCUT2D eigenvalue weighted by atomic mass is 19.1. The van der Waals surface area contributed by atoms with Crippen molar-refractivity contribution in [3.63, 3.8) is 0 Å². The van der Waals surface area contributed by atoms with E-state index in [4.69, 9.17) is 4.74 Å². The fraction of sp³-hybridized carbons (Fsp3) is 0.444. The molecule has 2 fully saturated rings. The first-order valence-electron chi connectivity index (χ1n) is 8.01. The van der Waals surface area contributed by atoms with Gasteiger partial charge in [-0.15, -0.1) is 5.92 Å². The maximum absolute atomic E-state index is 14.7. The standard InChI is InChI=1S/C18H19FN2O3/c1-3-7-12-10-13(19)15(14(11-12)24-2)16-17(22)20-8-5-4-6-9-21(20)18(16)23/h10-11,16H,4-6,8-9H2,1-2H3. The van der Waals surface area contributed by atoms with Crippen LogP contribution < -0.4 is 4.74 Å². The number of rotatable bonds is 2. The molecule has 2 amide bonds. The van der Waals surface area contributed by atoms with Crippen molar-refractivity contribution in [1.82, 2.24) is 10.0 Å². The first-order valence-corrected chi connectivity index (χ1v) is 8.01. The zero-order valence-corrected chi connectivity index (χ0v) is 13.8. The van der Waals surface area contributed by atoms with E-state index in [0.717, 1.165) is 19.3 Å². The van der Waals surface area contributed by atoms with Crippen LogP contribution in [0, 0.1) is 17.7 Å². The average molecular weight is 330 g/mol. The number of methoxy groups -OCH3 is 1. The molecule has 126 valence electrons. The molecule has 0 aliphatic carbocycles. The van der Waals surface area contributed by atoms with Gasteiger partial charge in [-0.05, 0) is 38.3 Å². The summed E-state index contributed by atoms with van der Waals surface area (Å²) in [6.07, 6.45) is 2.65. The fourth-order valence-corrected chi connectivity index (χ4v) is 3.31. The van der Waals surface area contributed by atoms with Gasteiger partial charge in [0, 0.05) is 18.7 Å². The number of carbonyl (C=O) groups is 2. The molecule has 2 saturated heterocycles. The van der Waals surface area contributed by atoms with Crippen molar-refractivity contribution in [1.29, 1.82) is 0 Å². The lowest BCUT2D eigenvalue weighted by molar-refractivity contribution is -0.145. The van der Waals surface area contributed by atoms with E-state index >= 15 is 0 Å². The van der Waals surface area contributed by atoms with E-state index in [-0.39, 0.29) is 23.1 Å². The van der Waals surface area contributed by atoms with Gasteiger partial charge in [-0.25, -0.2) is 4.39 Å². The molecule has 0 bridgehead atoms. The number of fused-ring (bicyclic) bond motifs is 1. The largest absolute Gasteiger partial charge is 0.496 e. The molecule has 6 heteroatoms. The number of halogens is 1. The molecule has 24 heavy (non-hydrogen) atoms. The van der Waals surface area contributed by atoms with Crippen LogP contribution >= 0.6 is 0 Å². The van der Waals surface area contributed by atoms with Crippen molar-refractivity contribution < 1.29 is 18.7 Å². The molecule has 2 aliphatic rings. The normalized spacial score (nSPS) is 18.1. The summed E-state index contributed by atoms with van der Waals surface area (Å²) in [5, 5.41) is 2.91. The van der Waals surface area contributed by atoms with E-state index in [9.17, 15) is 14.0 Å². The molecule has 0 spiro atoms. The topological polar surface area (TPSA) is 49.9 Å². The second-order valence-electron chi connectivity index (χ2n) is 5.87. The van der Waals surface area contributed by atoms with Gasteiger partial charge >= 0.3 is 0 Å². The van der Waals surface area contributed by atoms with Gasteiger partial charge in [0.25, 0.3) is 11.8 Å². The molecular weight excluding hydrogens is 311 g/mol. The van der Waals surface area contributed by atoms with Gasteiger partial charge in [-0.2, -0.15) is 0 Å². The van der Waals surface area contributed by atoms with E-state index in [2.05, 4.69) is 11.8 Å². The molecule has 5 nitrogen and oxygen atoms in total. The Morgan fingerprint density at radius 1 is 1.12 bits per heavy atom. The van der Waals surface area contributed by atoms with Gasteiger partial charge in [0.1, 0.15) is 11.6 Å². The first kappa shape index (κ1) is 16.3. The third-order valence-corrected chi connectivity index (χ3v) is 4.40. The van der Waals surface area contributed by atoms with Gasteiger partial charge in [0.2, 0.25) is 0 Å².